The molecule has 0 spiro atoms. The van der Waals surface area contributed by atoms with Crippen molar-refractivity contribution in [3.05, 3.63) is 30.1 Å². The van der Waals surface area contributed by atoms with Gasteiger partial charge in [-0.1, -0.05) is 18.6 Å². The van der Waals surface area contributed by atoms with Crippen molar-refractivity contribution in [2.45, 2.75) is 51.6 Å². The van der Waals surface area contributed by atoms with E-state index in [4.69, 9.17) is 10.7 Å². The lowest BCUT2D eigenvalue weighted by Gasteiger charge is -2.25. The van der Waals surface area contributed by atoms with Gasteiger partial charge in [-0.3, -0.25) is 4.79 Å². The predicted octanol–water partition coefficient (Wildman–Crippen LogP) is 2.23. The zero-order chi connectivity index (χ0) is 16.2. The standard InChI is InChI=1S/C18H26N4O/c1-2-22-16-9-4-3-8-15(16)21-17(22)10-11-20-18(23)13-6-5-7-14(19)12-13/h3-4,8-9,13-14H,2,5-7,10-12,19H2,1H3,(H,20,23). The van der Waals surface area contributed by atoms with E-state index in [-0.39, 0.29) is 17.9 Å². The quantitative estimate of drug-likeness (QED) is 0.889. The number of fused-ring (bicyclic) bond motifs is 1. The average molecular weight is 314 g/mol. The Bertz CT molecular complexity index is 679. The van der Waals surface area contributed by atoms with Crippen molar-refractivity contribution in [1.82, 2.24) is 14.9 Å². The van der Waals surface area contributed by atoms with E-state index in [0.29, 0.717) is 6.54 Å². The minimum Gasteiger partial charge on any atom is -0.355 e. The SMILES string of the molecule is CCn1c(CCNC(=O)C2CCCC(N)C2)nc2ccccc21. The molecule has 1 aliphatic rings. The molecule has 3 N–H and O–H groups in total. The van der Waals surface area contributed by atoms with Crippen molar-refractivity contribution >= 4 is 16.9 Å². The molecule has 23 heavy (non-hydrogen) atoms. The lowest BCUT2D eigenvalue weighted by molar-refractivity contribution is -0.126. The summed E-state index contributed by atoms with van der Waals surface area (Å²) < 4.78 is 2.22. The van der Waals surface area contributed by atoms with E-state index in [1.807, 2.05) is 18.2 Å². The number of amides is 1. The summed E-state index contributed by atoms with van der Waals surface area (Å²) in [4.78, 5) is 17.0. The summed E-state index contributed by atoms with van der Waals surface area (Å²) in [6.45, 7) is 3.65. The van der Waals surface area contributed by atoms with Gasteiger partial charge < -0.3 is 15.6 Å². The third-order valence-corrected chi connectivity index (χ3v) is 4.78. The van der Waals surface area contributed by atoms with E-state index in [2.05, 4.69) is 22.9 Å². The van der Waals surface area contributed by atoms with Gasteiger partial charge in [0.25, 0.3) is 0 Å². The van der Waals surface area contributed by atoms with E-state index in [0.717, 1.165) is 55.5 Å². The van der Waals surface area contributed by atoms with E-state index >= 15 is 0 Å². The summed E-state index contributed by atoms with van der Waals surface area (Å²) in [5.41, 5.74) is 8.15. The Hall–Kier alpha value is -1.88. The lowest BCUT2D eigenvalue weighted by atomic mass is 9.85. The molecule has 0 aliphatic heterocycles. The van der Waals surface area contributed by atoms with Gasteiger partial charge in [0.15, 0.2) is 0 Å². The maximum atomic E-state index is 12.3. The normalized spacial score (nSPS) is 21.5. The molecule has 5 heteroatoms. The van der Waals surface area contributed by atoms with Crippen molar-refractivity contribution in [1.29, 1.82) is 0 Å². The molecule has 5 nitrogen and oxygen atoms in total. The first-order valence-corrected chi connectivity index (χ1v) is 8.66. The van der Waals surface area contributed by atoms with Crippen LogP contribution in [0.5, 0.6) is 0 Å². The summed E-state index contributed by atoms with van der Waals surface area (Å²) in [6, 6.07) is 8.36. The number of nitrogens with two attached hydrogens (primary N) is 1. The molecule has 1 heterocycles. The van der Waals surface area contributed by atoms with Gasteiger partial charge in [-0.05, 0) is 38.3 Å². The number of benzene rings is 1. The predicted molar refractivity (Wildman–Crippen MR) is 92.1 cm³/mol. The summed E-state index contributed by atoms with van der Waals surface area (Å²) in [7, 11) is 0. The van der Waals surface area contributed by atoms with Crippen LogP contribution in [0, 0.1) is 5.92 Å². The van der Waals surface area contributed by atoms with Crippen LogP contribution in [0.3, 0.4) is 0 Å². The molecule has 2 unspecified atom stereocenters. The fourth-order valence-corrected chi connectivity index (χ4v) is 3.58. The molecule has 0 radical (unpaired) electrons. The molecule has 1 fully saturated rings. The number of hydrogen-bond acceptors (Lipinski definition) is 3. The molecule has 1 aromatic carbocycles. The van der Waals surface area contributed by atoms with Crippen molar-refractivity contribution in [2.24, 2.45) is 11.7 Å². The van der Waals surface area contributed by atoms with Gasteiger partial charge in [-0.25, -0.2) is 4.98 Å². The van der Waals surface area contributed by atoms with Gasteiger partial charge >= 0.3 is 0 Å². The molecule has 124 valence electrons. The van der Waals surface area contributed by atoms with Crippen LogP contribution in [-0.2, 0) is 17.8 Å². The van der Waals surface area contributed by atoms with Crippen molar-refractivity contribution < 1.29 is 4.79 Å². The highest BCUT2D eigenvalue weighted by atomic mass is 16.1. The van der Waals surface area contributed by atoms with E-state index in [1.165, 1.54) is 0 Å². The highest BCUT2D eigenvalue weighted by molar-refractivity contribution is 5.79. The number of carbonyl (C=O) groups excluding carboxylic acids is 1. The van der Waals surface area contributed by atoms with Crippen molar-refractivity contribution in [3.63, 3.8) is 0 Å². The molecule has 2 atom stereocenters. The van der Waals surface area contributed by atoms with E-state index in [1.54, 1.807) is 0 Å². The van der Waals surface area contributed by atoms with E-state index < -0.39 is 0 Å². The molecular weight excluding hydrogens is 288 g/mol. The highest BCUT2D eigenvalue weighted by Gasteiger charge is 2.25. The van der Waals surface area contributed by atoms with Gasteiger partial charge in [0.05, 0.1) is 11.0 Å². The molecule has 1 aliphatic carbocycles. The Morgan fingerprint density at radius 1 is 1.39 bits per heavy atom. The number of rotatable bonds is 5. The number of aromatic nitrogens is 2. The number of aryl methyl sites for hydroxylation is 1. The second-order valence-electron chi connectivity index (χ2n) is 6.43. The maximum absolute atomic E-state index is 12.3. The van der Waals surface area contributed by atoms with Gasteiger partial charge in [0.1, 0.15) is 5.82 Å². The van der Waals surface area contributed by atoms with Crippen LogP contribution in [-0.4, -0.2) is 28.0 Å². The van der Waals surface area contributed by atoms with Crippen LogP contribution in [0.15, 0.2) is 24.3 Å². The zero-order valence-corrected chi connectivity index (χ0v) is 13.8. The number of imidazole rings is 1. The van der Waals surface area contributed by atoms with Crippen LogP contribution < -0.4 is 11.1 Å². The minimum absolute atomic E-state index is 0.0868. The number of para-hydroxylation sites is 2. The highest BCUT2D eigenvalue weighted by Crippen LogP contribution is 2.23. The number of hydrogen-bond donors (Lipinski definition) is 2. The second-order valence-corrected chi connectivity index (χ2v) is 6.43. The summed E-state index contributed by atoms with van der Waals surface area (Å²) in [5, 5.41) is 3.07. The van der Waals surface area contributed by atoms with Gasteiger partial charge in [-0.15, -0.1) is 0 Å². The molecule has 3 rings (SSSR count). The Morgan fingerprint density at radius 2 is 2.22 bits per heavy atom. The Labute approximate surface area is 137 Å². The van der Waals surface area contributed by atoms with Gasteiger partial charge in [0, 0.05) is 31.5 Å². The van der Waals surface area contributed by atoms with Crippen LogP contribution in [0.25, 0.3) is 11.0 Å². The molecule has 1 amide bonds. The first-order valence-electron chi connectivity index (χ1n) is 8.66. The fraction of sp³-hybridized carbons (Fsp3) is 0.556. The largest absolute Gasteiger partial charge is 0.355 e. The topological polar surface area (TPSA) is 72.9 Å². The van der Waals surface area contributed by atoms with Crippen LogP contribution in [0.2, 0.25) is 0 Å². The number of nitrogens with zero attached hydrogens (tertiary/aromatic N) is 2. The summed E-state index contributed by atoms with van der Waals surface area (Å²) in [6.07, 6.45) is 4.65. The fourth-order valence-electron chi connectivity index (χ4n) is 3.58. The maximum Gasteiger partial charge on any atom is 0.223 e. The molecular formula is C18H26N4O. The van der Waals surface area contributed by atoms with Crippen LogP contribution in [0.1, 0.15) is 38.4 Å². The minimum atomic E-state index is 0.0868. The third-order valence-electron chi connectivity index (χ3n) is 4.78. The third kappa shape index (κ3) is 3.55. The van der Waals surface area contributed by atoms with E-state index in [9.17, 15) is 4.79 Å². The lowest BCUT2D eigenvalue weighted by Crippen LogP contribution is -2.38. The number of nitrogens with one attached hydrogen (secondary N) is 1. The molecule has 2 aromatic rings. The molecule has 0 saturated heterocycles. The summed E-state index contributed by atoms with van der Waals surface area (Å²) in [5.74, 6) is 1.28. The Balaban J connectivity index is 1.59. The molecule has 0 bridgehead atoms. The molecule has 1 aromatic heterocycles. The smallest absolute Gasteiger partial charge is 0.223 e. The first kappa shape index (κ1) is 16.0. The van der Waals surface area contributed by atoms with Gasteiger partial charge in [-0.2, -0.15) is 0 Å². The van der Waals surface area contributed by atoms with Crippen molar-refractivity contribution in [3.8, 4) is 0 Å². The van der Waals surface area contributed by atoms with Crippen LogP contribution >= 0.6 is 0 Å². The Morgan fingerprint density at radius 3 is 3.00 bits per heavy atom. The van der Waals surface area contributed by atoms with Crippen LogP contribution in [0.4, 0.5) is 0 Å². The number of carbonyl (C=O) groups is 1. The molecule has 1 saturated carbocycles. The van der Waals surface area contributed by atoms with Gasteiger partial charge in [0.2, 0.25) is 5.91 Å². The Kier molecular flexibility index (Phi) is 4.96. The zero-order valence-electron chi connectivity index (χ0n) is 13.8. The summed E-state index contributed by atoms with van der Waals surface area (Å²) >= 11 is 0. The monoisotopic (exact) mass is 314 g/mol. The average Bonchev–Trinajstić information content (AvgIpc) is 2.92. The van der Waals surface area contributed by atoms with Crippen molar-refractivity contribution in [2.75, 3.05) is 6.54 Å². The first-order chi connectivity index (χ1) is 11.2. The second kappa shape index (κ2) is 7.13.